The molecule has 0 saturated carbocycles. The molecule has 0 radical (unpaired) electrons. The van der Waals surface area contributed by atoms with Crippen LogP contribution in [0.4, 0.5) is 13.2 Å². The molecule has 0 aromatic heterocycles. The van der Waals surface area contributed by atoms with Gasteiger partial charge in [-0.25, -0.2) is 8.42 Å². The first-order valence-electron chi connectivity index (χ1n) is 9.94. The number of aliphatic imine (C=N–C) groups is 1. The van der Waals surface area contributed by atoms with Gasteiger partial charge in [0.1, 0.15) is 0 Å². The van der Waals surface area contributed by atoms with Gasteiger partial charge >= 0.3 is 15.5 Å². The van der Waals surface area contributed by atoms with Crippen molar-refractivity contribution < 1.29 is 31.1 Å². The van der Waals surface area contributed by atoms with E-state index in [1.54, 1.807) is 7.05 Å². The van der Waals surface area contributed by atoms with Crippen molar-refractivity contribution in [3.63, 3.8) is 0 Å². The number of ether oxygens (including phenoxy) is 2. The quantitative estimate of drug-likeness (QED) is 0.316. The monoisotopic (exact) mass is 444 g/mol. The van der Waals surface area contributed by atoms with Crippen LogP contribution in [0.1, 0.15) is 32.1 Å². The predicted molar refractivity (Wildman–Crippen MR) is 103 cm³/mol. The van der Waals surface area contributed by atoms with Crippen molar-refractivity contribution in [2.75, 3.05) is 53.0 Å². The molecule has 170 valence electrons. The topological polar surface area (TPSA) is 92.3 Å². The third-order valence-corrected chi connectivity index (χ3v) is 6.70. The van der Waals surface area contributed by atoms with Crippen molar-refractivity contribution >= 4 is 16.0 Å². The van der Waals surface area contributed by atoms with E-state index in [1.807, 2.05) is 0 Å². The van der Waals surface area contributed by atoms with Crippen LogP contribution in [0.15, 0.2) is 4.99 Å². The molecule has 0 aliphatic carbocycles. The second kappa shape index (κ2) is 11.3. The maximum atomic E-state index is 12.6. The van der Waals surface area contributed by atoms with Crippen LogP contribution in [0.25, 0.3) is 0 Å². The molecule has 1 atom stereocenters. The second-order valence-electron chi connectivity index (χ2n) is 7.24. The molecule has 2 heterocycles. The van der Waals surface area contributed by atoms with Crippen LogP contribution >= 0.6 is 0 Å². The Bertz CT molecular complexity index is 617. The first kappa shape index (κ1) is 24.2. The zero-order valence-electron chi connectivity index (χ0n) is 16.7. The molecule has 12 heteroatoms. The van der Waals surface area contributed by atoms with Crippen molar-refractivity contribution in [1.29, 1.82) is 0 Å². The summed E-state index contributed by atoms with van der Waals surface area (Å²) in [5, 5.41) is 6.31. The minimum absolute atomic E-state index is 0.0861. The largest absolute Gasteiger partial charge is 0.511 e. The van der Waals surface area contributed by atoms with Gasteiger partial charge in [-0.15, -0.1) is 0 Å². The van der Waals surface area contributed by atoms with Gasteiger partial charge in [-0.1, -0.05) is 0 Å². The van der Waals surface area contributed by atoms with E-state index in [-0.39, 0.29) is 25.1 Å². The average molecular weight is 445 g/mol. The Labute approximate surface area is 170 Å². The van der Waals surface area contributed by atoms with E-state index in [0.717, 1.165) is 25.9 Å². The summed E-state index contributed by atoms with van der Waals surface area (Å²) >= 11 is 0. The number of rotatable bonds is 9. The Hall–Kier alpha value is -1.11. The zero-order valence-corrected chi connectivity index (χ0v) is 17.5. The standard InChI is InChI=1S/C17H31F3N4O4S/c1-21-16(22-7-3-10-27-13-15-4-2-11-28-15)23-12-14-5-8-24(9-6-14)29(25,26)17(18,19)20/h14-15H,2-13H2,1H3,(H2,21,22,23). The Morgan fingerprint density at radius 2 is 1.97 bits per heavy atom. The number of halogens is 3. The van der Waals surface area contributed by atoms with Crippen molar-refractivity contribution in [1.82, 2.24) is 14.9 Å². The number of nitrogens with zero attached hydrogens (tertiary/aromatic N) is 2. The SMILES string of the molecule is CN=C(NCCCOCC1CCCO1)NCC1CCN(S(=O)(=O)C(F)(F)F)CC1. The van der Waals surface area contributed by atoms with Gasteiger partial charge in [0, 0.05) is 46.4 Å². The fourth-order valence-corrected chi connectivity index (χ4v) is 4.32. The highest BCUT2D eigenvalue weighted by Gasteiger charge is 2.50. The number of hydrogen-bond acceptors (Lipinski definition) is 5. The van der Waals surface area contributed by atoms with Crippen LogP contribution in [-0.4, -0.2) is 83.3 Å². The average Bonchev–Trinajstić information content (AvgIpc) is 3.20. The lowest BCUT2D eigenvalue weighted by atomic mass is 9.98. The zero-order chi connectivity index (χ0) is 21.3. The maximum Gasteiger partial charge on any atom is 0.511 e. The van der Waals surface area contributed by atoms with E-state index in [1.165, 1.54) is 0 Å². The van der Waals surface area contributed by atoms with Crippen molar-refractivity contribution in [3.05, 3.63) is 0 Å². The van der Waals surface area contributed by atoms with E-state index >= 15 is 0 Å². The van der Waals surface area contributed by atoms with Crippen molar-refractivity contribution in [2.45, 2.75) is 43.7 Å². The molecule has 2 aliphatic rings. The van der Waals surface area contributed by atoms with Gasteiger partial charge in [-0.3, -0.25) is 4.99 Å². The number of nitrogens with one attached hydrogen (secondary N) is 2. The Kier molecular flexibility index (Phi) is 9.44. The van der Waals surface area contributed by atoms with E-state index in [9.17, 15) is 21.6 Å². The molecule has 0 bridgehead atoms. The summed E-state index contributed by atoms with van der Waals surface area (Å²) in [5.74, 6) is 0.692. The maximum absolute atomic E-state index is 12.6. The molecular weight excluding hydrogens is 413 g/mol. The fraction of sp³-hybridized carbons (Fsp3) is 0.941. The second-order valence-corrected chi connectivity index (χ2v) is 9.17. The number of sulfonamides is 1. The molecule has 2 fully saturated rings. The van der Waals surface area contributed by atoms with Gasteiger partial charge in [-0.2, -0.15) is 17.5 Å². The van der Waals surface area contributed by atoms with Crippen LogP contribution in [0.2, 0.25) is 0 Å². The van der Waals surface area contributed by atoms with Gasteiger partial charge < -0.3 is 20.1 Å². The fourth-order valence-electron chi connectivity index (χ4n) is 3.33. The molecule has 0 spiro atoms. The third-order valence-electron chi connectivity index (χ3n) is 5.07. The molecule has 0 aromatic carbocycles. The number of guanidine groups is 1. The van der Waals surface area contributed by atoms with Crippen LogP contribution in [0, 0.1) is 5.92 Å². The molecule has 29 heavy (non-hydrogen) atoms. The Morgan fingerprint density at radius 1 is 1.24 bits per heavy atom. The summed E-state index contributed by atoms with van der Waals surface area (Å²) in [6.07, 6.45) is 3.91. The predicted octanol–water partition coefficient (Wildman–Crippen LogP) is 1.30. The number of alkyl halides is 3. The van der Waals surface area contributed by atoms with E-state index < -0.39 is 15.5 Å². The highest BCUT2D eigenvalue weighted by atomic mass is 32.2. The number of piperidine rings is 1. The summed E-state index contributed by atoms with van der Waals surface area (Å²) in [4.78, 5) is 4.12. The molecule has 0 aromatic rings. The first-order chi connectivity index (χ1) is 13.7. The molecule has 8 nitrogen and oxygen atoms in total. The Morgan fingerprint density at radius 3 is 2.55 bits per heavy atom. The van der Waals surface area contributed by atoms with Crippen LogP contribution < -0.4 is 10.6 Å². The lowest BCUT2D eigenvalue weighted by molar-refractivity contribution is -0.0496. The summed E-state index contributed by atoms with van der Waals surface area (Å²) < 4.78 is 72.3. The third kappa shape index (κ3) is 7.58. The van der Waals surface area contributed by atoms with E-state index in [0.29, 0.717) is 49.4 Å². The summed E-state index contributed by atoms with van der Waals surface area (Å²) in [7, 11) is -3.59. The highest BCUT2D eigenvalue weighted by molar-refractivity contribution is 7.90. The van der Waals surface area contributed by atoms with Crippen molar-refractivity contribution in [3.8, 4) is 0 Å². The van der Waals surface area contributed by atoms with Gasteiger partial charge in [-0.05, 0) is 38.0 Å². The molecular formula is C17H31F3N4O4S. The van der Waals surface area contributed by atoms with E-state index in [2.05, 4.69) is 15.6 Å². The number of hydrogen-bond donors (Lipinski definition) is 2. The van der Waals surface area contributed by atoms with Gasteiger partial charge in [0.2, 0.25) is 0 Å². The molecule has 2 saturated heterocycles. The lowest BCUT2D eigenvalue weighted by Gasteiger charge is -2.31. The summed E-state index contributed by atoms with van der Waals surface area (Å²) in [6, 6.07) is 0. The Balaban J connectivity index is 1.57. The molecule has 1 unspecified atom stereocenters. The van der Waals surface area contributed by atoms with Crippen LogP contribution in [0.5, 0.6) is 0 Å². The molecule has 2 rings (SSSR count). The molecule has 2 aliphatic heterocycles. The molecule has 2 N–H and O–H groups in total. The first-order valence-corrected chi connectivity index (χ1v) is 11.4. The van der Waals surface area contributed by atoms with Gasteiger partial charge in [0.15, 0.2) is 5.96 Å². The van der Waals surface area contributed by atoms with Gasteiger partial charge in [0.25, 0.3) is 0 Å². The highest BCUT2D eigenvalue weighted by Crippen LogP contribution is 2.30. The summed E-state index contributed by atoms with van der Waals surface area (Å²) in [5.41, 5.74) is -5.24. The lowest BCUT2D eigenvalue weighted by Crippen LogP contribution is -2.47. The minimum Gasteiger partial charge on any atom is -0.379 e. The van der Waals surface area contributed by atoms with Gasteiger partial charge in [0.05, 0.1) is 12.7 Å². The minimum atomic E-state index is -5.24. The van der Waals surface area contributed by atoms with E-state index in [4.69, 9.17) is 9.47 Å². The normalized spacial score (nSPS) is 22.8. The van der Waals surface area contributed by atoms with Crippen molar-refractivity contribution in [2.24, 2.45) is 10.9 Å². The smallest absolute Gasteiger partial charge is 0.379 e. The van der Waals surface area contributed by atoms with Crippen LogP contribution in [0.3, 0.4) is 0 Å². The molecule has 0 amide bonds. The van der Waals surface area contributed by atoms with Crippen LogP contribution in [-0.2, 0) is 19.5 Å². The summed E-state index contributed by atoms with van der Waals surface area (Å²) in [6.45, 7) is 3.01.